The Hall–Kier alpha value is -1.44. The Bertz CT molecular complexity index is 341. The summed E-state index contributed by atoms with van der Waals surface area (Å²) in [6, 6.07) is 0. The Labute approximate surface area is 113 Å². The second-order valence-electron chi connectivity index (χ2n) is 2.80. The molecular formula is C10H14BrNO6. The van der Waals surface area contributed by atoms with Crippen molar-refractivity contribution >= 4 is 39.4 Å². The maximum absolute atomic E-state index is 11.4. The van der Waals surface area contributed by atoms with Gasteiger partial charge in [0.1, 0.15) is 0 Å². The van der Waals surface area contributed by atoms with Crippen LogP contribution in [0.25, 0.3) is 0 Å². The molecule has 0 aromatic rings. The van der Waals surface area contributed by atoms with Crippen molar-refractivity contribution in [3.63, 3.8) is 0 Å². The molecule has 0 saturated heterocycles. The molecule has 0 heterocycles. The highest BCUT2D eigenvalue weighted by Gasteiger charge is 2.22. The summed E-state index contributed by atoms with van der Waals surface area (Å²) in [5, 5.41) is 3.19. The van der Waals surface area contributed by atoms with Gasteiger partial charge in [-0.2, -0.15) is 0 Å². The van der Waals surface area contributed by atoms with Gasteiger partial charge < -0.3 is 14.3 Å². The van der Waals surface area contributed by atoms with Crippen LogP contribution in [0.3, 0.4) is 0 Å². The predicted molar refractivity (Wildman–Crippen MR) is 65.5 cm³/mol. The number of rotatable bonds is 8. The zero-order chi connectivity index (χ0) is 14.0. The molecule has 0 amide bonds. The maximum atomic E-state index is 11.4. The lowest BCUT2D eigenvalue weighted by molar-refractivity contribution is -0.148. The highest BCUT2D eigenvalue weighted by molar-refractivity contribution is 9.09. The van der Waals surface area contributed by atoms with Crippen molar-refractivity contribution in [3.8, 4) is 0 Å². The third-order valence-electron chi connectivity index (χ3n) is 1.50. The van der Waals surface area contributed by atoms with Gasteiger partial charge in [-0.15, -0.1) is 0 Å². The van der Waals surface area contributed by atoms with E-state index in [0.29, 0.717) is 0 Å². The van der Waals surface area contributed by atoms with Crippen LogP contribution < -0.4 is 0 Å². The van der Waals surface area contributed by atoms with E-state index in [1.165, 1.54) is 0 Å². The first kappa shape index (κ1) is 16.6. The minimum absolute atomic E-state index is 0.102. The van der Waals surface area contributed by atoms with E-state index < -0.39 is 30.0 Å². The SMILES string of the molecule is CCOC(=O)CON=C(C(=O)CBr)C(=O)OCC. The van der Waals surface area contributed by atoms with Crippen LogP contribution in [-0.4, -0.2) is 48.6 Å². The van der Waals surface area contributed by atoms with Gasteiger partial charge in [0, 0.05) is 0 Å². The molecule has 0 atom stereocenters. The van der Waals surface area contributed by atoms with Gasteiger partial charge in [0.15, 0.2) is 0 Å². The third-order valence-corrected chi connectivity index (χ3v) is 2.01. The molecule has 0 aliphatic heterocycles. The Morgan fingerprint density at radius 1 is 1.11 bits per heavy atom. The number of oxime groups is 1. The molecule has 0 aromatic heterocycles. The quantitative estimate of drug-likeness (QED) is 0.212. The Morgan fingerprint density at radius 3 is 2.22 bits per heavy atom. The number of hydrogen-bond acceptors (Lipinski definition) is 7. The van der Waals surface area contributed by atoms with Gasteiger partial charge >= 0.3 is 11.9 Å². The summed E-state index contributed by atoms with van der Waals surface area (Å²) in [7, 11) is 0. The lowest BCUT2D eigenvalue weighted by atomic mass is 10.3. The van der Waals surface area contributed by atoms with Crippen molar-refractivity contribution in [2.24, 2.45) is 5.16 Å². The van der Waals surface area contributed by atoms with Gasteiger partial charge in [-0.1, -0.05) is 21.1 Å². The minimum atomic E-state index is -0.897. The summed E-state index contributed by atoms with van der Waals surface area (Å²) in [6.07, 6.45) is 0. The average molecular weight is 324 g/mol. The van der Waals surface area contributed by atoms with E-state index in [1.807, 2.05) is 0 Å². The molecule has 102 valence electrons. The highest BCUT2D eigenvalue weighted by atomic mass is 79.9. The number of carbonyl (C=O) groups is 3. The number of halogens is 1. The fourth-order valence-electron chi connectivity index (χ4n) is 0.817. The van der Waals surface area contributed by atoms with Crippen molar-refractivity contribution in [1.29, 1.82) is 0 Å². The molecule has 0 aliphatic rings. The van der Waals surface area contributed by atoms with Crippen molar-refractivity contribution < 1.29 is 28.7 Å². The largest absolute Gasteiger partial charge is 0.463 e. The number of ketones is 1. The number of esters is 2. The lowest BCUT2D eigenvalue weighted by Gasteiger charge is -2.04. The number of carbonyl (C=O) groups excluding carboxylic acids is 3. The van der Waals surface area contributed by atoms with Crippen molar-refractivity contribution in [1.82, 2.24) is 0 Å². The topological polar surface area (TPSA) is 91.3 Å². The third kappa shape index (κ3) is 6.33. The van der Waals surface area contributed by atoms with Crippen molar-refractivity contribution in [2.75, 3.05) is 25.2 Å². The van der Waals surface area contributed by atoms with E-state index in [4.69, 9.17) is 0 Å². The van der Waals surface area contributed by atoms with Gasteiger partial charge in [-0.3, -0.25) is 4.79 Å². The molecule has 7 nitrogen and oxygen atoms in total. The summed E-state index contributed by atoms with van der Waals surface area (Å²) in [4.78, 5) is 38.2. The second kappa shape index (κ2) is 9.58. The lowest BCUT2D eigenvalue weighted by Crippen LogP contribution is -2.28. The molecule has 0 bridgehead atoms. The molecule has 0 radical (unpaired) electrons. The van der Waals surface area contributed by atoms with Crippen LogP contribution in [0.15, 0.2) is 5.16 Å². The maximum Gasteiger partial charge on any atom is 0.364 e. The van der Waals surface area contributed by atoms with Crippen LogP contribution in [0, 0.1) is 0 Å². The molecule has 0 N–H and O–H groups in total. The molecule has 0 aromatic carbocycles. The first-order valence-electron chi connectivity index (χ1n) is 5.18. The monoisotopic (exact) mass is 323 g/mol. The number of Topliss-reactive ketones (excluding diaryl/α,β-unsaturated/α-hetero) is 1. The Balaban J connectivity index is 4.51. The zero-order valence-electron chi connectivity index (χ0n) is 10.1. The summed E-state index contributed by atoms with van der Waals surface area (Å²) >= 11 is 2.90. The molecule has 0 rings (SSSR count). The molecule has 0 aliphatic carbocycles. The van der Waals surface area contributed by atoms with Gasteiger partial charge in [-0.25, -0.2) is 9.59 Å². The van der Waals surface area contributed by atoms with Gasteiger partial charge in [-0.05, 0) is 13.8 Å². The molecule has 0 unspecified atom stereocenters. The Morgan fingerprint density at radius 2 is 1.72 bits per heavy atom. The van der Waals surface area contributed by atoms with Crippen LogP contribution in [0.5, 0.6) is 0 Å². The van der Waals surface area contributed by atoms with Crippen LogP contribution in [0.1, 0.15) is 13.8 Å². The number of ether oxygens (including phenoxy) is 2. The summed E-state index contributed by atoms with van der Waals surface area (Å²) in [6.45, 7) is 3.06. The summed E-state index contributed by atoms with van der Waals surface area (Å²) < 4.78 is 9.20. The fourth-order valence-corrected chi connectivity index (χ4v) is 1.08. The first-order chi connectivity index (χ1) is 8.56. The average Bonchev–Trinajstić information content (AvgIpc) is 2.34. The first-order valence-corrected chi connectivity index (χ1v) is 6.30. The smallest absolute Gasteiger partial charge is 0.364 e. The molecule has 0 saturated carbocycles. The van der Waals surface area contributed by atoms with E-state index >= 15 is 0 Å². The van der Waals surface area contributed by atoms with E-state index in [2.05, 4.69) is 35.4 Å². The molecule has 18 heavy (non-hydrogen) atoms. The van der Waals surface area contributed by atoms with E-state index in [9.17, 15) is 14.4 Å². The molecular weight excluding hydrogens is 310 g/mol. The van der Waals surface area contributed by atoms with Gasteiger partial charge in [0.25, 0.3) is 0 Å². The Kier molecular flexibility index (Phi) is 8.81. The zero-order valence-corrected chi connectivity index (χ0v) is 11.7. The van der Waals surface area contributed by atoms with Crippen molar-refractivity contribution in [2.45, 2.75) is 13.8 Å². The molecule has 8 heteroatoms. The van der Waals surface area contributed by atoms with E-state index in [1.54, 1.807) is 13.8 Å². The predicted octanol–water partition coefficient (Wildman–Crippen LogP) is 0.449. The minimum Gasteiger partial charge on any atom is -0.463 e. The van der Waals surface area contributed by atoms with Crippen LogP contribution in [0.2, 0.25) is 0 Å². The fraction of sp³-hybridized carbons (Fsp3) is 0.600. The number of nitrogens with zero attached hydrogens (tertiary/aromatic N) is 1. The van der Waals surface area contributed by atoms with Crippen molar-refractivity contribution in [3.05, 3.63) is 0 Å². The van der Waals surface area contributed by atoms with Gasteiger partial charge in [0.2, 0.25) is 18.1 Å². The summed E-state index contributed by atoms with van der Waals surface area (Å²) in [5.74, 6) is -2.14. The van der Waals surface area contributed by atoms with Gasteiger partial charge in [0.05, 0.1) is 18.5 Å². The number of hydrogen-bond donors (Lipinski definition) is 0. The van der Waals surface area contributed by atoms with E-state index in [0.717, 1.165) is 0 Å². The number of alkyl halides is 1. The van der Waals surface area contributed by atoms with E-state index in [-0.39, 0.29) is 18.5 Å². The standard InChI is InChI=1S/C10H14BrNO6/c1-3-16-8(14)6-18-12-9(7(13)5-11)10(15)17-4-2/h3-6H2,1-2H3. The normalized spacial score (nSPS) is 10.7. The second-order valence-corrected chi connectivity index (χ2v) is 3.36. The molecule has 0 fully saturated rings. The van der Waals surface area contributed by atoms with Crippen LogP contribution in [0.4, 0.5) is 0 Å². The molecule has 0 spiro atoms. The van der Waals surface area contributed by atoms with Crippen LogP contribution in [-0.2, 0) is 28.7 Å². The highest BCUT2D eigenvalue weighted by Crippen LogP contribution is 1.94. The van der Waals surface area contributed by atoms with Crippen LogP contribution >= 0.6 is 15.9 Å². The summed E-state index contributed by atoms with van der Waals surface area (Å²) in [5.41, 5.74) is -0.502.